The topological polar surface area (TPSA) is 51.9 Å². The van der Waals surface area contributed by atoms with Crippen molar-refractivity contribution < 1.29 is 18.7 Å². The molecule has 25 heavy (non-hydrogen) atoms. The number of hydrogen-bond acceptors (Lipinski definition) is 4. The minimum atomic E-state index is -0.103. The van der Waals surface area contributed by atoms with E-state index in [2.05, 4.69) is 6.58 Å². The zero-order chi connectivity index (χ0) is 17.4. The lowest BCUT2D eigenvalue weighted by molar-refractivity contribution is -0.0435. The van der Waals surface area contributed by atoms with Gasteiger partial charge in [-0.2, -0.15) is 0 Å². The number of hydrogen-bond donors (Lipinski definition) is 0. The van der Waals surface area contributed by atoms with Gasteiger partial charge in [0.05, 0.1) is 25.4 Å². The molecule has 3 atom stereocenters. The van der Waals surface area contributed by atoms with Gasteiger partial charge in [-0.1, -0.05) is 24.3 Å². The van der Waals surface area contributed by atoms with Crippen LogP contribution in [0.4, 0.5) is 0 Å². The predicted octanol–water partition coefficient (Wildman–Crippen LogP) is 3.32. The summed E-state index contributed by atoms with van der Waals surface area (Å²) in [5.41, 5.74) is 1.64. The maximum atomic E-state index is 13.3. The second-order valence-corrected chi connectivity index (χ2v) is 6.69. The molecule has 2 fully saturated rings. The minimum absolute atomic E-state index is 0.0209. The molecular weight excluding hydrogens is 318 g/mol. The van der Waals surface area contributed by atoms with E-state index in [0.717, 1.165) is 29.4 Å². The van der Waals surface area contributed by atoms with Gasteiger partial charge in [-0.15, -0.1) is 6.58 Å². The van der Waals surface area contributed by atoms with Gasteiger partial charge in [0.25, 0.3) is 5.91 Å². The Morgan fingerprint density at radius 2 is 2.24 bits per heavy atom. The number of nitrogens with zero attached hydrogens (tertiary/aromatic N) is 1. The van der Waals surface area contributed by atoms with Crippen LogP contribution in [0.1, 0.15) is 29.0 Å². The van der Waals surface area contributed by atoms with Crippen molar-refractivity contribution in [3.8, 4) is 0 Å². The summed E-state index contributed by atoms with van der Waals surface area (Å²) in [5.74, 6) is 0.353. The molecule has 2 aromatic rings. The minimum Gasteiger partial charge on any atom is -0.451 e. The first kappa shape index (κ1) is 16.4. The number of amides is 1. The molecule has 5 nitrogen and oxygen atoms in total. The molecule has 2 aliphatic rings. The van der Waals surface area contributed by atoms with E-state index < -0.39 is 0 Å². The van der Waals surface area contributed by atoms with Crippen LogP contribution in [0.5, 0.6) is 0 Å². The molecule has 1 amide bonds. The molecule has 1 aromatic carbocycles. The third-order valence-corrected chi connectivity index (χ3v) is 5.26. The summed E-state index contributed by atoms with van der Waals surface area (Å²) in [6.07, 6.45) is 3.49. The first-order chi connectivity index (χ1) is 12.2. The lowest BCUT2D eigenvalue weighted by Crippen LogP contribution is -2.46. The van der Waals surface area contributed by atoms with E-state index in [1.807, 2.05) is 36.1 Å². The largest absolute Gasteiger partial charge is 0.451 e. The smallest absolute Gasteiger partial charge is 0.290 e. The summed E-state index contributed by atoms with van der Waals surface area (Å²) in [6.45, 7) is 7.21. The molecule has 1 aliphatic heterocycles. The van der Waals surface area contributed by atoms with Crippen LogP contribution >= 0.6 is 0 Å². The van der Waals surface area contributed by atoms with E-state index in [1.54, 1.807) is 6.08 Å². The number of carbonyl (C=O) groups excluding carboxylic acids is 1. The Hall–Kier alpha value is -2.11. The van der Waals surface area contributed by atoms with E-state index >= 15 is 0 Å². The molecule has 1 saturated carbocycles. The Morgan fingerprint density at radius 1 is 1.40 bits per heavy atom. The van der Waals surface area contributed by atoms with Crippen LogP contribution in [-0.4, -0.2) is 48.8 Å². The Kier molecular flexibility index (Phi) is 4.36. The molecule has 5 heteroatoms. The molecule has 1 aliphatic carbocycles. The van der Waals surface area contributed by atoms with Gasteiger partial charge in [-0.3, -0.25) is 4.79 Å². The summed E-state index contributed by atoms with van der Waals surface area (Å²) in [6, 6.07) is 7.77. The van der Waals surface area contributed by atoms with Gasteiger partial charge in [-0.25, -0.2) is 0 Å². The second-order valence-electron chi connectivity index (χ2n) is 6.69. The Labute approximate surface area is 147 Å². The summed E-state index contributed by atoms with van der Waals surface area (Å²) < 4.78 is 17.8. The van der Waals surface area contributed by atoms with E-state index in [4.69, 9.17) is 13.9 Å². The number of para-hydroxylation sites is 1. The van der Waals surface area contributed by atoms with Crippen molar-refractivity contribution in [1.82, 2.24) is 4.90 Å². The lowest BCUT2D eigenvalue weighted by atomic mass is 10.1. The van der Waals surface area contributed by atoms with Crippen LogP contribution in [0.2, 0.25) is 0 Å². The molecule has 0 unspecified atom stereocenters. The summed E-state index contributed by atoms with van der Waals surface area (Å²) in [4.78, 5) is 15.1. The van der Waals surface area contributed by atoms with Crippen LogP contribution in [0.3, 0.4) is 0 Å². The van der Waals surface area contributed by atoms with Crippen LogP contribution in [0.15, 0.2) is 41.3 Å². The van der Waals surface area contributed by atoms with Gasteiger partial charge >= 0.3 is 0 Å². The molecule has 2 heterocycles. The third kappa shape index (κ3) is 2.77. The van der Waals surface area contributed by atoms with Crippen molar-refractivity contribution in [2.45, 2.75) is 38.0 Å². The standard InChI is InChI=1S/C20H23NO4/c1-3-11-24-19-15-8-9-17(19)23-12-10-21(15)20(22)18-13(2)14-6-4-5-7-16(14)25-18/h3-7,15,17,19H,1,8-12H2,2H3/t15-,17-,19+/m1/s1. The summed E-state index contributed by atoms with van der Waals surface area (Å²) in [7, 11) is 0. The summed E-state index contributed by atoms with van der Waals surface area (Å²) >= 11 is 0. The van der Waals surface area contributed by atoms with Crippen LogP contribution in [0, 0.1) is 6.92 Å². The Bertz CT molecular complexity index is 796. The van der Waals surface area contributed by atoms with Gasteiger partial charge in [0, 0.05) is 17.5 Å². The fourth-order valence-corrected chi connectivity index (χ4v) is 4.05. The second kappa shape index (κ2) is 6.65. The van der Waals surface area contributed by atoms with Crippen molar-refractivity contribution >= 4 is 16.9 Å². The number of ether oxygens (including phenoxy) is 2. The normalized spacial score (nSPS) is 26.0. The maximum absolute atomic E-state index is 13.3. The van der Waals surface area contributed by atoms with Crippen LogP contribution in [-0.2, 0) is 9.47 Å². The number of aryl methyl sites for hydroxylation is 1. The van der Waals surface area contributed by atoms with E-state index in [9.17, 15) is 4.79 Å². The van der Waals surface area contributed by atoms with Crippen molar-refractivity contribution in [2.24, 2.45) is 0 Å². The third-order valence-electron chi connectivity index (χ3n) is 5.26. The predicted molar refractivity (Wildman–Crippen MR) is 94.7 cm³/mol. The number of rotatable bonds is 4. The van der Waals surface area contributed by atoms with E-state index in [0.29, 0.717) is 25.5 Å². The average Bonchev–Trinajstić information content (AvgIpc) is 3.10. The van der Waals surface area contributed by atoms with Crippen molar-refractivity contribution in [1.29, 1.82) is 0 Å². The quantitative estimate of drug-likeness (QED) is 0.801. The van der Waals surface area contributed by atoms with E-state index in [1.165, 1.54) is 0 Å². The van der Waals surface area contributed by atoms with Gasteiger partial charge < -0.3 is 18.8 Å². The molecule has 1 saturated heterocycles. The van der Waals surface area contributed by atoms with Crippen molar-refractivity contribution in [3.05, 3.63) is 48.2 Å². The molecule has 0 spiro atoms. The van der Waals surface area contributed by atoms with E-state index in [-0.39, 0.29) is 24.2 Å². The number of carbonyl (C=O) groups is 1. The van der Waals surface area contributed by atoms with Crippen LogP contribution in [0.25, 0.3) is 11.0 Å². The molecule has 1 aromatic heterocycles. The highest BCUT2D eigenvalue weighted by atomic mass is 16.5. The van der Waals surface area contributed by atoms with Gasteiger partial charge in [0.2, 0.25) is 0 Å². The number of fused-ring (bicyclic) bond motifs is 3. The summed E-state index contributed by atoms with van der Waals surface area (Å²) in [5, 5.41) is 0.987. The molecule has 4 rings (SSSR count). The van der Waals surface area contributed by atoms with Gasteiger partial charge in [0.15, 0.2) is 5.76 Å². The zero-order valence-electron chi connectivity index (χ0n) is 14.4. The lowest BCUT2D eigenvalue weighted by Gasteiger charge is -2.30. The Morgan fingerprint density at radius 3 is 3.04 bits per heavy atom. The van der Waals surface area contributed by atoms with Crippen molar-refractivity contribution in [3.63, 3.8) is 0 Å². The fourth-order valence-electron chi connectivity index (χ4n) is 4.05. The fraction of sp³-hybridized carbons (Fsp3) is 0.450. The molecule has 0 N–H and O–H groups in total. The average molecular weight is 341 g/mol. The number of furan rings is 1. The SMILES string of the molecule is C=CCO[C@H]1[C@H]2CC[C@H]1OCCN2C(=O)c1oc2ccccc2c1C. The molecule has 2 bridgehead atoms. The number of benzene rings is 1. The highest BCUT2D eigenvalue weighted by Crippen LogP contribution is 2.34. The molecule has 0 radical (unpaired) electrons. The van der Waals surface area contributed by atoms with Gasteiger partial charge in [-0.05, 0) is 25.8 Å². The highest BCUT2D eigenvalue weighted by molar-refractivity contribution is 5.99. The maximum Gasteiger partial charge on any atom is 0.290 e. The van der Waals surface area contributed by atoms with Crippen molar-refractivity contribution in [2.75, 3.05) is 19.8 Å². The highest BCUT2D eigenvalue weighted by Gasteiger charge is 2.45. The Balaban J connectivity index is 1.65. The monoisotopic (exact) mass is 341 g/mol. The first-order valence-electron chi connectivity index (χ1n) is 8.84. The molecule has 132 valence electrons. The zero-order valence-corrected chi connectivity index (χ0v) is 14.4. The first-order valence-corrected chi connectivity index (χ1v) is 8.84. The molecular formula is C20H23NO4. The van der Waals surface area contributed by atoms with Crippen LogP contribution < -0.4 is 0 Å². The van der Waals surface area contributed by atoms with Gasteiger partial charge in [0.1, 0.15) is 11.7 Å².